The lowest BCUT2D eigenvalue weighted by Gasteiger charge is -2.16. The molecule has 3 heterocycles. The fourth-order valence-electron chi connectivity index (χ4n) is 3.33. The van der Waals surface area contributed by atoms with Gasteiger partial charge in [-0.15, -0.1) is 11.8 Å². The maximum absolute atomic E-state index is 11.0. The van der Waals surface area contributed by atoms with Crippen molar-refractivity contribution in [2.75, 3.05) is 16.6 Å². The third kappa shape index (κ3) is 5.07. The summed E-state index contributed by atoms with van der Waals surface area (Å²) in [5.41, 5.74) is 1.59. The molecule has 1 aliphatic rings. The molecule has 11 nitrogen and oxygen atoms in total. The maximum Gasteiger partial charge on any atom is 0.335 e. The lowest BCUT2D eigenvalue weighted by atomic mass is 10.1. The summed E-state index contributed by atoms with van der Waals surface area (Å²) in [7, 11) is -4.16. The molecule has 3 aromatic rings. The second-order valence-corrected chi connectivity index (χ2v) is 10.2. The molecule has 1 saturated heterocycles. The molecule has 1 fully saturated rings. The molecule has 13 heteroatoms. The summed E-state index contributed by atoms with van der Waals surface area (Å²) in [6, 6.07) is 9.80. The quantitative estimate of drug-likeness (QED) is 0.299. The average Bonchev–Trinajstić information content (AvgIpc) is 3.29. The van der Waals surface area contributed by atoms with Crippen LogP contribution in [0.25, 0.3) is 11.2 Å². The van der Waals surface area contributed by atoms with Crippen molar-refractivity contribution in [3.8, 4) is 0 Å². The van der Waals surface area contributed by atoms with E-state index in [0.717, 1.165) is 17.3 Å². The highest BCUT2D eigenvalue weighted by molar-refractivity contribution is 8.04. The maximum atomic E-state index is 11.0. The number of ether oxygens (including phenoxy) is 1. The molecule has 4 rings (SSSR count). The van der Waals surface area contributed by atoms with Gasteiger partial charge in [-0.1, -0.05) is 30.3 Å². The number of anilines is 1. The Hall–Kier alpha value is -2.05. The van der Waals surface area contributed by atoms with Crippen LogP contribution in [0.1, 0.15) is 11.8 Å². The van der Waals surface area contributed by atoms with Crippen LogP contribution in [-0.2, 0) is 15.8 Å². The second kappa shape index (κ2) is 9.21. The van der Waals surface area contributed by atoms with E-state index >= 15 is 0 Å². The zero-order valence-electron chi connectivity index (χ0n) is 16.2. The van der Waals surface area contributed by atoms with E-state index in [2.05, 4.69) is 20.3 Å². The Bertz CT molecular complexity index is 1080. The lowest BCUT2D eigenvalue weighted by Crippen LogP contribution is -2.32. The van der Waals surface area contributed by atoms with Crippen LogP contribution in [0.5, 0.6) is 0 Å². The zero-order chi connectivity index (χ0) is 22.0. The van der Waals surface area contributed by atoms with E-state index in [0.29, 0.717) is 23.5 Å². The molecule has 166 valence electrons. The minimum atomic E-state index is -4.16. The third-order valence-corrected chi connectivity index (χ3v) is 7.45. The molecule has 2 aromatic heterocycles. The van der Waals surface area contributed by atoms with E-state index in [-0.39, 0.29) is 5.75 Å². The van der Waals surface area contributed by atoms with E-state index in [9.17, 15) is 14.8 Å². The molecular weight excluding hydrogens is 445 g/mol. The van der Waals surface area contributed by atoms with Crippen LogP contribution < -0.4 is 5.32 Å². The smallest absolute Gasteiger partial charge is 0.335 e. The summed E-state index contributed by atoms with van der Waals surface area (Å²) >= 11 is 0.953. The molecule has 1 aromatic carbocycles. The van der Waals surface area contributed by atoms with Crippen molar-refractivity contribution < 1.29 is 29.3 Å². The van der Waals surface area contributed by atoms with Gasteiger partial charge in [0, 0.05) is 12.3 Å². The highest BCUT2D eigenvalue weighted by atomic mass is 32.2. The van der Waals surface area contributed by atoms with Crippen LogP contribution in [0.2, 0.25) is 0 Å². The summed E-state index contributed by atoms with van der Waals surface area (Å²) in [6.07, 6.45) is -1.39. The Morgan fingerprint density at radius 3 is 2.65 bits per heavy atom. The number of hydrogen-bond acceptors (Lipinski definition) is 9. The monoisotopic (exact) mass is 467 g/mol. The Morgan fingerprint density at radius 2 is 1.90 bits per heavy atom. The first-order valence-electron chi connectivity index (χ1n) is 9.43. The third-order valence-electron chi connectivity index (χ3n) is 4.81. The Balaban J connectivity index is 1.50. The number of aliphatic hydroxyl groups excluding tert-OH is 2. The van der Waals surface area contributed by atoms with Crippen molar-refractivity contribution in [2.24, 2.45) is 0 Å². The Morgan fingerprint density at radius 1 is 1.13 bits per heavy atom. The standard InChI is InChI=1S/C18H22N5O6PS/c24-14-12(7-31-10-30(26,27)28)29-18(15(14)25)23-9-22-13-16(20-8-21-17(13)23)19-6-11-4-2-1-3-5-11/h1-5,8-9,12,14-15,18,24-25H,6-7,10H2,(H,19,20,21)(H2,26,27,28)/t12-,14-,15?,18-/m1/s1. The number of nitrogens with one attached hydrogen (secondary N) is 1. The summed E-state index contributed by atoms with van der Waals surface area (Å²) in [5.74, 6) is 0.639. The molecular formula is C18H22N5O6PS. The average molecular weight is 467 g/mol. The van der Waals surface area contributed by atoms with E-state index in [1.165, 1.54) is 17.2 Å². The molecule has 5 N–H and O–H groups in total. The van der Waals surface area contributed by atoms with E-state index in [1.54, 1.807) is 0 Å². The number of nitrogens with zero attached hydrogens (tertiary/aromatic N) is 4. The van der Waals surface area contributed by atoms with Crippen LogP contribution in [0.15, 0.2) is 43.0 Å². The van der Waals surface area contributed by atoms with Crippen LogP contribution in [0, 0.1) is 0 Å². The zero-order valence-corrected chi connectivity index (χ0v) is 17.9. The second-order valence-electron chi connectivity index (χ2n) is 7.10. The fraction of sp³-hybridized carbons (Fsp3) is 0.389. The number of thioether (sulfide) groups is 1. The van der Waals surface area contributed by atoms with Gasteiger partial charge in [0.25, 0.3) is 0 Å². The van der Waals surface area contributed by atoms with E-state index in [4.69, 9.17) is 14.5 Å². The van der Waals surface area contributed by atoms with Crippen molar-refractivity contribution >= 4 is 36.3 Å². The van der Waals surface area contributed by atoms with Gasteiger partial charge < -0.3 is 30.1 Å². The molecule has 1 unspecified atom stereocenters. The number of hydrogen-bond donors (Lipinski definition) is 5. The van der Waals surface area contributed by atoms with E-state index in [1.807, 2.05) is 30.3 Å². The normalized spacial score (nSPS) is 24.0. The summed E-state index contributed by atoms with van der Waals surface area (Å²) < 4.78 is 18.3. The SMILES string of the molecule is O=P(O)(O)CSC[C@H]1O[C@@H](n2cnc3c(NCc4ccccc4)ncnc32)C(O)[C@@H]1O. The first kappa shape index (κ1) is 22.2. The fourth-order valence-corrected chi connectivity index (χ4v) is 5.21. The van der Waals surface area contributed by atoms with Gasteiger partial charge in [-0.25, -0.2) is 15.0 Å². The lowest BCUT2D eigenvalue weighted by molar-refractivity contribution is -0.0288. The largest absolute Gasteiger partial charge is 0.387 e. The predicted octanol–water partition coefficient (Wildman–Crippen LogP) is 0.926. The molecule has 0 spiro atoms. The molecule has 0 aliphatic carbocycles. The predicted molar refractivity (Wildman–Crippen MR) is 114 cm³/mol. The van der Waals surface area contributed by atoms with Crippen molar-refractivity contribution in [3.63, 3.8) is 0 Å². The molecule has 0 amide bonds. The molecule has 1 aliphatic heterocycles. The highest BCUT2D eigenvalue weighted by Gasteiger charge is 2.44. The molecule has 0 bridgehead atoms. The summed E-state index contributed by atoms with van der Waals surface area (Å²) in [6.45, 7) is 0.542. The van der Waals surface area contributed by atoms with Gasteiger partial charge in [0.15, 0.2) is 23.2 Å². The number of fused-ring (bicyclic) bond motifs is 1. The summed E-state index contributed by atoms with van der Waals surface area (Å²) in [5, 5.41) is 24.0. The van der Waals surface area contributed by atoms with Gasteiger partial charge in [-0.2, -0.15) is 0 Å². The van der Waals surface area contributed by atoms with Crippen molar-refractivity contribution in [2.45, 2.75) is 31.1 Å². The number of rotatable bonds is 8. The number of aromatic nitrogens is 4. The topological polar surface area (TPSA) is 163 Å². The van der Waals surface area contributed by atoms with Crippen LogP contribution in [0.4, 0.5) is 5.82 Å². The van der Waals surface area contributed by atoms with Crippen molar-refractivity contribution in [1.29, 1.82) is 0 Å². The van der Waals surface area contributed by atoms with Gasteiger partial charge in [0.05, 0.1) is 17.9 Å². The number of aliphatic hydroxyl groups is 2. The van der Waals surface area contributed by atoms with Gasteiger partial charge in [-0.05, 0) is 5.56 Å². The molecule has 4 atom stereocenters. The Kier molecular flexibility index (Phi) is 6.58. The number of benzene rings is 1. The molecule has 31 heavy (non-hydrogen) atoms. The van der Waals surface area contributed by atoms with Gasteiger partial charge in [-0.3, -0.25) is 9.13 Å². The molecule has 0 saturated carbocycles. The molecule has 0 radical (unpaired) electrons. The van der Waals surface area contributed by atoms with Crippen LogP contribution in [-0.4, -0.2) is 69.1 Å². The van der Waals surface area contributed by atoms with Crippen LogP contribution >= 0.6 is 19.4 Å². The van der Waals surface area contributed by atoms with Gasteiger partial charge in [0.2, 0.25) is 0 Å². The minimum Gasteiger partial charge on any atom is -0.387 e. The van der Waals surface area contributed by atoms with Crippen molar-refractivity contribution in [3.05, 3.63) is 48.5 Å². The van der Waals surface area contributed by atoms with Gasteiger partial charge >= 0.3 is 7.60 Å². The summed E-state index contributed by atoms with van der Waals surface area (Å²) in [4.78, 5) is 30.8. The van der Waals surface area contributed by atoms with E-state index < -0.39 is 37.6 Å². The Labute approximate surface area is 181 Å². The van der Waals surface area contributed by atoms with Gasteiger partial charge in [0.1, 0.15) is 18.5 Å². The van der Waals surface area contributed by atoms with Crippen LogP contribution in [0.3, 0.4) is 0 Å². The number of imidazole rings is 1. The highest BCUT2D eigenvalue weighted by Crippen LogP contribution is 2.40. The first-order chi connectivity index (χ1) is 14.8. The van der Waals surface area contributed by atoms with Crippen molar-refractivity contribution in [1.82, 2.24) is 19.5 Å². The minimum absolute atomic E-state index is 0.116. The first-order valence-corrected chi connectivity index (χ1v) is 12.4.